The normalized spacial score (nSPS) is 19.0. The fraction of sp³-hybridized carbons (Fsp3) is 0.619. The number of piperidine rings is 1. The quantitative estimate of drug-likeness (QED) is 0.586. The third kappa shape index (κ3) is 5.23. The topological polar surface area (TPSA) is 77.4 Å². The maximum atomic E-state index is 12.7. The van der Waals surface area contributed by atoms with E-state index in [9.17, 15) is 9.90 Å². The van der Waals surface area contributed by atoms with Crippen LogP contribution in [-0.4, -0.2) is 72.7 Å². The van der Waals surface area contributed by atoms with Gasteiger partial charge in [0, 0.05) is 38.6 Å². The average Bonchev–Trinajstić information content (AvgIpc) is 2.77. The van der Waals surface area contributed by atoms with Gasteiger partial charge >= 0.3 is 0 Å². The molecule has 0 atom stereocenters. The van der Waals surface area contributed by atoms with Crippen molar-refractivity contribution >= 4 is 11.9 Å². The molecule has 0 bridgehead atoms. The van der Waals surface area contributed by atoms with Crippen LogP contribution >= 0.6 is 0 Å². The Bertz CT molecular complexity index is 665. The SMILES string of the molecule is CCNC(=NCc1ccccc1CO)N1CCC(C(=O)N2CCOCC2)CC1. The van der Waals surface area contributed by atoms with E-state index < -0.39 is 0 Å². The summed E-state index contributed by atoms with van der Waals surface area (Å²) in [5.41, 5.74) is 1.95. The maximum absolute atomic E-state index is 12.7. The standard InChI is InChI=1S/C21H32N4O3/c1-2-22-21(23-15-18-5-3-4-6-19(18)16-26)25-9-7-17(8-10-25)20(27)24-11-13-28-14-12-24/h3-6,17,26H,2,7-16H2,1H3,(H,22,23). The number of amides is 1. The van der Waals surface area contributed by atoms with Gasteiger partial charge in [-0.15, -0.1) is 0 Å². The Morgan fingerprint density at radius 2 is 1.82 bits per heavy atom. The zero-order valence-corrected chi connectivity index (χ0v) is 16.8. The number of guanidine groups is 1. The number of hydrogen-bond donors (Lipinski definition) is 2. The molecular formula is C21H32N4O3. The Morgan fingerprint density at radius 1 is 1.14 bits per heavy atom. The molecule has 1 amide bonds. The second-order valence-electron chi connectivity index (χ2n) is 7.30. The first-order chi connectivity index (χ1) is 13.7. The number of aliphatic hydroxyl groups is 1. The van der Waals surface area contributed by atoms with Gasteiger partial charge in [-0.05, 0) is 30.9 Å². The van der Waals surface area contributed by atoms with E-state index in [0.29, 0.717) is 32.8 Å². The van der Waals surface area contributed by atoms with Gasteiger partial charge in [0.25, 0.3) is 0 Å². The van der Waals surface area contributed by atoms with Crippen LogP contribution in [-0.2, 0) is 22.7 Å². The number of rotatable bonds is 5. The molecule has 0 aliphatic carbocycles. The lowest BCUT2D eigenvalue weighted by molar-refractivity contribution is -0.140. The second-order valence-corrected chi connectivity index (χ2v) is 7.30. The van der Waals surface area contributed by atoms with E-state index >= 15 is 0 Å². The number of likely N-dealkylation sites (tertiary alicyclic amines) is 1. The van der Waals surface area contributed by atoms with Crippen LogP contribution in [0.1, 0.15) is 30.9 Å². The molecule has 2 fully saturated rings. The molecule has 7 nitrogen and oxygen atoms in total. The molecule has 2 heterocycles. The number of morpholine rings is 1. The number of nitrogens with zero attached hydrogens (tertiary/aromatic N) is 3. The van der Waals surface area contributed by atoms with Gasteiger partial charge in [-0.2, -0.15) is 0 Å². The molecule has 154 valence electrons. The summed E-state index contributed by atoms with van der Waals surface area (Å²) in [6.45, 7) is 7.81. The van der Waals surface area contributed by atoms with Crippen molar-refractivity contribution in [2.75, 3.05) is 45.9 Å². The molecule has 1 aromatic rings. The molecule has 2 aliphatic rings. The van der Waals surface area contributed by atoms with Crippen molar-refractivity contribution in [3.63, 3.8) is 0 Å². The molecule has 3 rings (SSSR count). The summed E-state index contributed by atoms with van der Waals surface area (Å²) >= 11 is 0. The zero-order chi connectivity index (χ0) is 19.8. The predicted molar refractivity (Wildman–Crippen MR) is 109 cm³/mol. The first-order valence-electron chi connectivity index (χ1n) is 10.3. The van der Waals surface area contributed by atoms with Crippen LogP contribution in [0, 0.1) is 5.92 Å². The minimum absolute atomic E-state index is 0.0251. The Kier molecular flexibility index (Phi) is 7.68. The van der Waals surface area contributed by atoms with Crippen molar-refractivity contribution < 1.29 is 14.6 Å². The fourth-order valence-corrected chi connectivity index (χ4v) is 3.83. The molecule has 28 heavy (non-hydrogen) atoms. The van der Waals surface area contributed by atoms with Gasteiger partial charge in [-0.1, -0.05) is 24.3 Å². The largest absolute Gasteiger partial charge is 0.392 e. The number of carbonyl (C=O) groups excluding carboxylic acids is 1. The number of aliphatic imine (C=N–C) groups is 1. The second kappa shape index (κ2) is 10.4. The third-order valence-corrected chi connectivity index (χ3v) is 5.49. The monoisotopic (exact) mass is 388 g/mol. The maximum Gasteiger partial charge on any atom is 0.225 e. The Morgan fingerprint density at radius 3 is 2.46 bits per heavy atom. The lowest BCUT2D eigenvalue weighted by Crippen LogP contribution is -2.50. The molecule has 2 N–H and O–H groups in total. The summed E-state index contributed by atoms with van der Waals surface area (Å²) in [6, 6.07) is 7.84. The van der Waals surface area contributed by atoms with E-state index in [2.05, 4.69) is 17.1 Å². The van der Waals surface area contributed by atoms with Gasteiger partial charge in [-0.25, -0.2) is 4.99 Å². The van der Waals surface area contributed by atoms with Gasteiger partial charge in [0.1, 0.15) is 0 Å². The highest BCUT2D eigenvalue weighted by molar-refractivity contribution is 5.82. The van der Waals surface area contributed by atoms with E-state index in [4.69, 9.17) is 9.73 Å². The van der Waals surface area contributed by atoms with Gasteiger partial charge in [0.05, 0.1) is 26.4 Å². The van der Waals surface area contributed by atoms with Crippen LogP contribution < -0.4 is 5.32 Å². The smallest absolute Gasteiger partial charge is 0.225 e. The summed E-state index contributed by atoms with van der Waals surface area (Å²) in [6.07, 6.45) is 1.71. The minimum Gasteiger partial charge on any atom is -0.392 e. The number of nitrogens with one attached hydrogen (secondary N) is 1. The Labute approximate surface area is 167 Å². The molecular weight excluding hydrogens is 356 g/mol. The number of benzene rings is 1. The molecule has 2 aliphatic heterocycles. The molecule has 0 spiro atoms. The molecule has 1 aromatic carbocycles. The highest BCUT2D eigenvalue weighted by Gasteiger charge is 2.30. The lowest BCUT2D eigenvalue weighted by atomic mass is 9.95. The Hall–Kier alpha value is -2.12. The van der Waals surface area contributed by atoms with Crippen molar-refractivity contribution in [3.8, 4) is 0 Å². The highest BCUT2D eigenvalue weighted by atomic mass is 16.5. The van der Waals surface area contributed by atoms with Gasteiger partial charge < -0.3 is 25.0 Å². The van der Waals surface area contributed by atoms with Crippen molar-refractivity contribution in [2.24, 2.45) is 10.9 Å². The number of ether oxygens (including phenoxy) is 1. The predicted octanol–water partition coefficient (Wildman–Crippen LogP) is 1.22. The van der Waals surface area contributed by atoms with Crippen molar-refractivity contribution in [2.45, 2.75) is 32.9 Å². The summed E-state index contributed by atoms with van der Waals surface area (Å²) in [5.74, 6) is 1.27. The van der Waals surface area contributed by atoms with Crippen LogP contribution in [0.5, 0.6) is 0 Å². The van der Waals surface area contributed by atoms with Crippen molar-refractivity contribution in [3.05, 3.63) is 35.4 Å². The highest BCUT2D eigenvalue weighted by Crippen LogP contribution is 2.21. The van der Waals surface area contributed by atoms with Crippen LogP contribution in [0.15, 0.2) is 29.3 Å². The summed E-state index contributed by atoms with van der Waals surface area (Å²) in [5, 5.41) is 12.9. The third-order valence-electron chi connectivity index (χ3n) is 5.49. The van der Waals surface area contributed by atoms with Crippen LogP contribution in [0.2, 0.25) is 0 Å². The number of aliphatic hydroxyl groups excluding tert-OH is 1. The molecule has 0 radical (unpaired) electrons. The van der Waals surface area contributed by atoms with Gasteiger partial charge in [-0.3, -0.25) is 4.79 Å². The average molecular weight is 389 g/mol. The van der Waals surface area contributed by atoms with Gasteiger partial charge in [0.15, 0.2) is 5.96 Å². The van der Waals surface area contributed by atoms with E-state index in [0.717, 1.165) is 49.6 Å². The van der Waals surface area contributed by atoms with Crippen LogP contribution in [0.4, 0.5) is 0 Å². The summed E-state index contributed by atoms with van der Waals surface area (Å²) in [4.78, 5) is 21.7. The van der Waals surface area contributed by atoms with E-state index in [1.165, 1.54) is 0 Å². The molecule has 2 saturated heterocycles. The first kappa shape index (κ1) is 20.6. The fourth-order valence-electron chi connectivity index (χ4n) is 3.83. The zero-order valence-electron chi connectivity index (χ0n) is 16.8. The molecule has 0 saturated carbocycles. The molecule has 0 aromatic heterocycles. The van der Waals surface area contributed by atoms with Crippen LogP contribution in [0.3, 0.4) is 0 Å². The van der Waals surface area contributed by atoms with Crippen molar-refractivity contribution in [1.29, 1.82) is 0 Å². The van der Waals surface area contributed by atoms with E-state index in [1.807, 2.05) is 29.2 Å². The minimum atomic E-state index is 0.0251. The molecule has 0 unspecified atom stereocenters. The van der Waals surface area contributed by atoms with Gasteiger partial charge in [0.2, 0.25) is 5.91 Å². The summed E-state index contributed by atoms with van der Waals surface area (Å²) < 4.78 is 5.35. The van der Waals surface area contributed by atoms with E-state index in [-0.39, 0.29) is 18.4 Å². The van der Waals surface area contributed by atoms with Crippen molar-refractivity contribution in [1.82, 2.24) is 15.1 Å². The lowest BCUT2D eigenvalue weighted by Gasteiger charge is -2.36. The van der Waals surface area contributed by atoms with Crippen LogP contribution in [0.25, 0.3) is 0 Å². The van der Waals surface area contributed by atoms with E-state index in [1.54, 1.807) is 0 Å². The molecule has 7 heteroatoms. The number of hydrogen-bond acceptors (Lipinski definition) is 4. The Balaban J connectivity index is 1.58. The first-order valence-corrected chi connectivity index (χ1v) is 10.3. The number of carbonyl (C=O) groups is 1. The summed E-state index contributed by atoms with van der Waals surface area (Å²) in [7, 11) is 0.